The minimum absolute atomic E-state index is 0.233. The van der Waals surface area contributed by atoms with Crippen molar-refractivity contribution in [2.24, 2.45) is 5.73 Å². The molecule has 7 N–H and O–H groups in total. The maximum Gasteiger partial charge on any atom is 0.346 e. The third kappa shape index (κ3) is 3.19. The van der Waals surface area contributed by atoms with Crippen LogP contribution in [0.2, 0.25) is 0 Å². The molecule has 1 rings (SSSR count). The van der Waals surface area contributed by atoms with Gasteiger partial charge in [-0.05, 0) is 6.26 Å². The van der Waals surface area contributed by atoms with Gasteiger partial charge >= 0.3 is 5.97 Å². The lowest BCUT2D eigenvalue weighted by atomic mass is 9.90. The molecule has 6 atom stereocenters. The fourth-order valence-corrected chi connectivity index (χ4v) is 2.68. The van der Waals surface area contributed by atoms with Crippen molar-refractivity contribution in [3.8, 4) is 0 Å². The van der Waals surface area contributed by atoms with Crippen molar-refractivity contribution in [3.05, 3.63) is 0 Å². The Balaban J connectivity index is 2.99. The lowest BCUT2D eigenvalue weighted by Gasteiger charge is -2.44. The molecule has 1 aliphatic rings. The topological polar surface area (TPSA) is 153 Å². The Morgan fingerprint density at radius 3 is 2.58 bits per heavy atom. The maximum atomic E-state index is 11.3. The number of carbonyl (C=O) groups is 1. The lowest BCUT2D eigenvalue weighted by Crippen LogP contribution is -2.64. The highest BCUT2D eigenvalue weighted by Gasteiger charge is 2.52. The summed E-state index contributed by atoms with van der Waals surface area (Å²) in [5.41, 5.74) is 5.66. The second kappa shape index (κ2) is 6.35. The van der Waals surface area contributed by atoms with E-state index in [2.05, 4.69) is 0 Å². The van der Waals surface area contributed by atoms with Gasteiger partial charge in [-0.1, -0.05) is 0 Å². The molecule has 1 heterocycles. The van der Waals surface area contributed by atoms with Crippen LogP contribution < -0.4 is 5.73 Å². The van der Waals surface area contributed by atoms with Gasteiger partial charge < -0.3 is 36.0 Å². The van der Waals surface area contributed by atoms with E-state index >= 15 is 0 Å². The summed E-state index contributed by atoms with van der Waals surface area (Å²) in [4.78, 5) is 9.54. The van der Waals surface area contributed by atoms with Crippen LogP contribution >= 0.6 is 11.8 Å². The van der Waals surface area contributed by atoms with Crippen LogP contribution in [0.5, 0.6) is 0 Å². The van der Waals surface area contributed by atoms with Crippen LogP contribution in [-0.2, 0) is 9.53 Å². The Morgan fingerprint density at radius 2 is 2.16 bits per heavy atom. The van der Waals surface area contributed by atoms with Crippen molar-refractivity contribution in [2.75, 3.05) is 12.9 Å². The average Bonchev–Trinajstić information content (AvgIpc) is 2.39. The Labute approximate surface area is 114 Å². The monoisotopic (exact) mass is 297 g/mol. The number of rotatable bonds is 5. The molecule has 1 fully saturated rings. The molecule has 0 unspecified atom stereocenters. The Kier molecular flexibility index (Phi) is 5.56. The van der Waals surface area contributed by atoms with E-state index in [1.165, 1.54) is 6.26 Å². The number of carboxylic acid groups (broad SMARTS) is 1. The number of nitrogens with two attached hydrogens (primary N) is 1. The number of ether oxygens (including phenoxy) is 1. The summed E-state index contributed by atoms with van der Waals surface area (Å²) in [6.45, 7) is -0.733. The first-order chi connectivity index (χ1) is 8.79. The van der Waals surface area contributed by atoms with E-state index in [9.17, 15) is 25.2 Å². The Bertz CT molecular complexity index is 331. The molecule has 0 spiro atoms. The van der Waals surface area contributed by atoms with E-state index in [1.54, 1.807) is 0 Å². The van der Waals surface area contributed by atoms with Crippen molar-refractivity contribution in [1.82, 2.24) is 0 Å². The molecule has 9 heteroatoms. The first kappa shape index (κ1) is 16.6. The number of carboxylic acids is 1. The first-order valence-electron chi connectivity index (χ1n) is 5.66. The smallest absolute Gasteiger partial charge is 0.346 e. The van der Waals surface area contributed by atoms with Crippen molar-refractivity contribution in [2.45, 2.75) is 41.8 Å². The standard InChI is InChI=1S/C10H19NO7S/c1-19-10(9(16)17)2-4(13)6(11)8(18-10)7(15)5(14)3-12/h4-8,12-15H,2-3,11H2,1H3,(H,16,17)/t4-,5+,6+,7+,8+,10-/m0/s1. The second-order valence-corrected chi connectivity index (χ2v) is 5.50. The van der Waals surface area contributed by atoms with E-state index in [0.717, 1.165) is 11.8 Å². The quantitative estimate of drug-likeness (QED) is 0.318. The van der Waals surface area contributed by atoms with Gasteiger partial charge in [0.25, 0.3) is 0 Å². The molecule has 112 valence electrons. The molecule has 0 radical (unpaired) electrons. The number of thioether (sulfide) groups is 1. The van der Waals surface area contributed by atoms with E-state index in [1.807, 2.05) is 0 Å². The molecule has 19 heavy (non-hydrogen) atoms. The van der Waals surface area contributed by atoms with Crippen molar-refractivity contribution >= 4 is 17.7 Å². The van der Waals surface area contributed by atoms with Gasteiger partial charge in [-0.2, -0.15) is 0 Å². The lowest BCUT2D eigenvalue weighted by molar-refractivity contribution is -0.201. The largest absolute Gasteiger partial charge is 0.478 e. The van der Waals surface area contributed by atoms with Crippen LogP contribution in [0.1, 0.15) is 6.42 Å². The van der Waals surface area contributed by atoms with E-state index < -0.39 is 48.0 Å². The number of hydrogen-bond donors (Lipinski definition) is 6. The van der Waals surface area contributed by atoms with E-state index in [4.69, 9.17) is 15.6 Å². The zero-order valence-corrected chi connectivity index (χ0v) is 11.2. The highest BCUT2D eigenvalue weighted by Crippen LogP contribution is 2.38. The van der Waals surface area contributed by atoms with Crippen LogP contribution in [0.3, 0.4) is 0 Å². The highest BCUT2D eigenvalue weighted by atomic mass is 32.2. The molecule has 0 amide bonds. The van der Waals surface area contributed by atoms with Crippen LogP contribution in [0.25, 0.3) is 0 Å². The second-order valence-electron chi connectivity index (χ2n) is 4.43. The van der Waals surface area contributed by atoms with Crippen LogP contribution in [0, 0.1) is 0 Å². The van der Waals surface area contributed by atoms with Gasteiger partial charge in [-0.3, -0.25) is 0 Å². The molecule has 0 aromatic heterocycles. The fourth-order valence-electron chi connectivity index (χ4n) is 1.96. The zero-order valence-electron chi connectivity index (χ0n) is 10.3. The summed E-state index contributed by atoms with van der Waals surface area (Å²) in [7, 11) is 0. The molecule has 0 aromatic carbocycles. The summed E-state index contributed by atoms with van der Waals surface area (Å²) in [6.07, 6.45) is -4.37. The van der Waals surface area contributed by atoms with Crippen molar-refractivity contribution in [3.63, 3.8) is 0 Å². The molecule has 1 aliphatic heterocycles. The highest BCUT2D eigenvalue weighted by molar-refractivity contribution is 8.00. The third-order valence-corrected chi connectivity index (χ3v) is 4.30. The van der Waals surface area contributed by atoms with E-state index in [0.29, 0.717) is 0 Å². The van der Waals surface area contributed by atoms with Crippen molar-refractivity contribution in [1.29, 1.82) is 0 Å². The SMILES string of the molecule is CS[C@]1(C(=O)O)C[C@H](O)[C@@H](N)[C@H]([C@H](O)[C@H](O)CO)O1. The number of aliphatic hydroxyl groups is 4. The van der Waals surface area contributed by atoms with Crippen LogP contribution in [-0.4, -0.2) is 79.8 Å². The molecule has 0 bridgehead atoms. The summed E-state index contributed by atoms with van der Waals surface area (Å²) in [5.74, 6) is -1.30. The van der Waals surface area contributed by atoms with Crippen LogP contribution in [0.4, 0.5) is 0 Å². The number of aliphatic hydroxyl groups excluding tert-OH is 4. The Morgan fingerprint density at radius 1 is 1.58 bits per heavy atom. The summed E-state index contributed by atoms with van der Waals surface area (Å²) in [6, 6.07) is -1.06. The molecular formula is C10H19NO7S. The summed E-state index contributed by atoms with van der Waals surface area (Å²) < 4.78 is 5.31. The predicted octanol–water partition coefficient (Wildman–Crippen LogP) is -2.68. The van der Waals surface area contributed by atoms with Gasteiger partial charge in [-0.15, -0.1) is 11.8 Å². The van der Waals surface area contributed by atoms with Gasteiger partial charge in [0.2, 0.25) is 4.93 Å². The van der Waals surface area contributed by atoms with Crippen molar-refractivity contribution < 1.29 is 35.1 Å². The summed E-state index contributed by atoms with van der Waals surface area (Å²) >= 11 is 0.855. The third-order valence-electron chi connectivity index (χ3n) is 3.20. The van der Waals surface area contributed by atoms with E-state index in [-0.39, 0.29) is 6.42 Å². The van der Waals surface area contributed by atoms with Gasteiger partial charge in [-0.25, -0.2) is 4.79 Å². The number of aliphatic carboxylic acids is 1. The molecule has 0 aliphatic carbocycles. The minimum Gasteiger partial charge on any atom is -0.478 e. The summed E-state index contributed by atoms with van der Waals surface area (Å²) in [5, 5.41) is 47.0. The Hall–Kier alpha value is -0.420. The first-order valence-corrected chi connectivity index (χ1v) is 6.88. The van der Waals surface area contributed by atoms with Crippen LogP contribution in [0.15, 0.2) is 0 Å². The zero-order chi connectivity index (χ0) is 14.8. The minimum atomic E-state index is -1.74. The molecule has 1 saturated heterocycles. The average molecular weight is 297 g/mol. The van der Waals surface area contributed by atoms with Gasteiger partial charge in [0.15, 0.2) is 0 Å². The molecule has 8 nitrogen and oxygen atoms in total. The molecular weight excluding hydrogens is 278 g/mol. The predicted molar refractivity (Wildman–Crippen MR) is 66.5 cm³/mol. The van der Waals surface area contributed by atoms with Gasteiger partial charge in [0.05, 0.1) is 18.8 Å². The molecule has 0 saturated carbocycles. The van der Waals surface area contributed by atoms with Gasteiger partial charge in [0, 0.05) is 6.42 Å². The normalized spacial score (nSPS) is 38.7. The molecule has 0 aromatic rings. The fraction of sp³-hybridized carbons (Fsp3) is 0.900. The maximum absolute atomic E-state index is 11.3. The number of hydrogen-bond acceptors (Lipinski definition) is 8. The van der Waals surface area contributed by atoms with Gasteiger partial charge in [0.1, 0.15) is 18.3 Å².